The van der Waals surface area contributed by atoms with Crippen LogP contribution in [0.3, 0.4) is 0 Å². The highest BCUT2D eigenvalue weighted by molar-refractivity contribution is 5.84. The van der Waals surface area contributed by atoms with E-state index in [1.54, 1.807) is 30.3 Å². The minimum atomic E-state index is -0.557. The van der Waals surface area contributed by atoms with Crippen LogP contribution >= 0.6 is 0 Å². The Kier molecular flexibility index (Phi) is 4.99. The number of hydrogen-bond acceptors (Lipinski definition) is 6. The van der Waals surface area contributed by atoms with Gasteiger partial charge in [-0.25, -0.2) is 10.4 Å². The van der Waals surface area contributed by atoms with Gasteiger partial charge in [0.25, 0.3) is 5.56 Å². The maximum atomic E-state index is 12.2. The first-order chi connectivity index (χ1) is 13.0. The number of phenolic OH excluding ortho intramolecular Hbond substituents is 1. The summed E-state index contributed by atoms with van der Waals surface area (Å²) in [5.41, 5.74) is 5.22. The Labute approximate surface area is 155 Å². The monoisotopic (exact) mass is 359 g/mol. The van der Waals surface area contributed by atoms with E-state index in [0.717, 1.165) is 11.1 Å². The Hall–Kier alpha value is -3.92. The third-order valence-corrected chi connectivity index (χ3v) is 4.19. The van der Waals surface area contributed by atoms with Crippen molar-refractivity contribution >= 4 is 12.2 Å². The molecule has 7 nitrogen and oxygen atoms in total. The largest absolute Gasteiger partial charge is 0.507 e. The fourth-order valence-corrected chi connectivity index (χ4v) is 2.52. The Bertz CT molecular complexity index is 1110. The van der Waals surface area contributed by atoms with Gasteiger partial charge in [0.1, 0.15) is 17.4 Å². The predicted molar refractivity (Wildman–Crippen MR) is 104 cm³/mol. The first kappa shape index (κ1) is 17.9. The van der Waals surface area contributed by atoms with E-state index in [4.69, 9.17) is 0 Å². The zero-order valence-corrected chi connectivity index (χ0v) is 14.8. The summed E-state index contributed by atoms with van der Waals surface area (Å²) in [5, 5.41) is 23.4. The van der Waals surface area contributed by atoms with E-state index >= 15 is 0 Å². The first-order valence-corrected chi connectivity index (χ1v) is 8.19. The molecular weight excluding hydrogens is 342 g/mol. The third-order valence-electron chi connectivity index (χ3n) is 4.19. The summed E-state index contributed by atoms with van der Waals surface area (Å²) in [6, 6.07) is 14.5. The second-order valence-electron chi connectivity index (χ2n) is 5.93. The topological polar surface area (TPSA) is 114 Å². The maximum Gasteiger partial charge on any atom is 0.270 e. The molecule has 2 aromatic carbocycles. The van der Waals surface area contributed by atoms with Gasteiger partial charge in [0, 0.05) is 11.1 Å². The number of hydrazone groups is 1. The van der Waals surface area contributed by atoms with Crippen LogP contribution in [0.2, 0.25) is 0 Å². The number of aryl methyl sites for hydroxylation is 1. The molecule has 1 aromatic heterocycles. The Morgan fingerprint density at radius 2 is 1.96 bits per heavy atom. The molecule has 0 radical (unpaired) electrons. The van der Waals surface area contributed by atoms with Crippen LogP contribution in [0.25, 0.3) is 11.3 Å². The summed E-state index contributed by atoms with van der Waals surface area (Å²) < 4.78 is 0. The SMILES string of the molecule is Cc1ccc(C=NNc2nc(-c3ccccc3)c(C#N)c(=O)[nH]2)c(O)c1C. The van der Waals surface area contributed by atoms with Crippen LogP contribution in [0, 0.1) is 25.2 Å². The van der Waals surface area contributed by atoms with Gasteiger partial charge in [0.15, 0.2) is 0 Å². The van der Waals surface area contributed by atoms with Crippen molar-refractivity contribution in [2.75, 3.05) is 5.43 Å². The summed E-state index contributed by atoms with van der Waals surface area (Å²) >= 11 is 0. The molecule has 134 valence electrons. The molecule has 0 spiro atoms. The number of nitrogens with one attached hydrogen (secondary N) is 2. The molecular formula is C20H17N5O2. The maximum absolute atomic E-state index is 12.2. The Morgan fingerprint density at radius 1 is 1.22 bits per heavy atom. The molecule has 0 unspecified atom stereocenters. The average Bonchev–Trinajstić information content (AvgIpc) is 2.68. The lowest BCUT2D eigenvalue weighted by molar-refractivity contribution is 0.469. The Balaban J connectivity index is 1.93. The van der Waals surface area contributed by atoms with E-state index in [1.807, 2.05) is 32.0 Å². The summed E-state index contributed by atoms with van der Waals surface area (Å²) in [5.74, 6) is 0.240. The van der Waals surface area contributed by atoms with Crippen LogP contribution in [-0.2, 0) is 0 Å². The highest BCUT2D eigenvalue weighted by Gasteiger charge is 2.13. The van der Waals surface area contributed by atoms with Gasteiger partial charge in [0.05, 0.1) is 11.9 Å². The van der Waals surface area contributed by atoms with E-state index in [2.05, 4.69) is 20.5 Å². The van der Waals surface area contributed by atoms with Gasteiger partial charge < -0.3 is 5.11 Å². The van der Waals surface area contributed by atoms with Crippen molar-refractivity contribution in [3.63, 3.8) is 0 Å². The van der Waals surface area contributed by atoms with E-state index in [0.29, 0.717) is 11.1 Å². The molecule has 0 saturated heterocycles. The highest BCUT2D eigenvalue weighted by Crippen LogP contribution is 2.23. The molecule has 0 atom stereocenters. The first-order valence-electron chi connectivity index (χ1n) is 8.19. The minimum absolute atomic E-state index is 0.0671. The fourth-order valence-electron chi connectivity index (χ4n) is 2.52. The van der Waals surface area contributed by atoms with Crippen LogP contribution < -0.4 is 11.0 Å². The molecule has 3 N–H and O–H groups in total. The van der Waals surface area contributed by atoms with Gasteiger partial charge in [-0.2, -0.15) is 10.4 Å². The van der Waals surface area contributed by atoms with E-state index in [9.17, 15) is 15.2 Å². The van der Waals surface area contributed by atoms with Crippen LogP contribution in [0.5, 0.6) is 5.75 Å². The number of aromatic hydroxyl groups is 1. The average molecular weight is 359 g/mol. The van der Waals surface area contributed by atoms with Gasteiger partial charge >= 0.3 is 0 Å². The second kappa shape index (κ2) is 7.54. The predicted octanol–water partition coefficient (Wildman–Crippen LogP) is 3.08. The standard InChI is InChI=1S/C20H17N5O2/c1-12-8-9-15(18(26)13(12)2)11-22-25-20-23-17(14-6-4-3-5-7-14)16(10-21)19(27)24-20/h3-9,11,26H,1-2H3,(H2,23,24,25,27). The fraction of sp³-hybridized carbons (Fsp3) is 0.100. The molecule has 0 aliphatic rings. The minimum Gasteiger partial charge on any atom is -0.507 e. The molecule has 0 aliphatic carbocycles. The van der Waals surface area contributed by atoms with Crippen LogP contribution in [0.1, 0.15) is 22.3 Å². The van der Waals surface area contributed by atoms with Gasteiger partial charge in [-0.05, 0) is 31.0 Å². The third kappa shape index (κ3) is 3.70. The van der Waals surface area contributed by atoms with Crippen LogP contribution in [0.15, 0.2) is 52.4 Å². The van der Waals surface area contributed by atoms with Crippen molar-refractivity contribution in [3.05, 3.63) is 75.1 Å². The molecule has 27 heavy (non-hydrogen) atoms. The van der Waals surface area contributed by atoms with Crippen molar-refractivity contribution < 1.29 is 5.11 Å². The molecule has 1 heterocycles. The number of anilines is 1. The quantitative estimate of drug-likeness (QED) is 0.489. The molecule has 3 aromatic rings. The highest BCUT2D eigenvalue weighted by atomic mass is 16.3. The number of nitriles is 1. The number of phenols is 1. The second-order valence-corrected chi connectivity index (χ2v) is 5.93. The van der Waals surface area contributed by atoms with Crippen molar-refractivity contribution in [1.29, 1.82) is 5.26 Å². The van der Waals surface area contributed by atoms with Crippen molar-refractivity contribution in [1.82, 2.24) is 9.97 Å². The molecule has 0 fully saturated rings. The summed E-state index contributed by atoms with van der Waals surface area (Å²) in [7, 11) is 0. The smallest absolute Gasteiger partial charge is 0.270 e. The number of aromatic amines is 1. The molecule has 7 heteroatoms. The number of H-pyrrole nitrogens is 1. The normalized spacial score (nSPS) is 10.7. The number of hydrogen-bond donors (Lipinski definition) is 3. The van der Waals surface area contributed by atoms with Gasteiger partial charge in [0.2, 0.25) is 5.95 Å². The summed E-state index contributed by atoms with van der Waals surface area (Å²) in [4.78, 5) is 19.0. The zero-order chi connectivity index (χ0) is 19.4. The lowest BCUT2D eigenvalue weighted by atomic mass is 10.1. The summed E-state index contributed by atoms with van der Waals surface area (Å²) in [6.45, 7) is 3.73. The van der Waals surface area contributed by atoms with Crippen molar-refractivity contribution in [3.8, 4) is 23.1 Å². The Morgan fingerprint density at radius 3 is 2.67 bits per heavy atom. The van der Waals surface area contributed by atoms with Crippen LogP contribution in [0.4, 0.5) is 5.95 Å². The molecule has 3 rings (SSSR count). The lowest BCUT2D eigenvalue weighted by Crippen LogP contribution is -2.16. The number of benzene rings is 2. The van der Waals surface area contributed by atoms with Crippen LogP contribution in [-0.4, -0.2) is 21.3 Å². The lowest BCUT2D eigenvalue weighted by Gasteiger charge is -2.07. The van der Waals surface area contributed by atoms with E-state index < -0.39 is 5.56 Å². The van der Waals surface area contributed by atoms with E-state index in [-0.39, 0.29) is 23.0 Å². The van der Waals surface area contributed by atoms with E-state index in [1.165, 1.54) is 6.21 Å². The van der Waals surface area contributed by atoms with Crippen molar-refractivity contribution in [2.24, 2.45) is 5.10 Å². The van der Waals surface area contributed by atoms with Gasteiger partial charge in [-0.15, -0.1) is 0 Å². The number of aromatic nitrogens is 2. The van der Waals surface area contributed by atoms with Crippen molar-refractivity contribution in [2.45, 2.75) is 13.8 Å². The molecule has 0 bridgehead atoms. The number of rotatable bonds is 4. The molecule has 0 saturated carbocycles. The molecule has 0 amide bonds. The zero-order valence-electron chi connectivity index (χ0n) is 14.8. The van der Waals surface area contributed by atoms with Gasteiger partial charge in [-0.1, -0.05) is 36.4 Å². The molecule has 0 aliphatic heterocycles. The number of nitrogens with zero attached hydrogens (tertiary/aromatic N) is 3. The summed E-state index contributed by atoms with van der Waals surface area (Å²) in [6.07, 6.45) is 1.43. The van der Waals surface area contributed by atoms with Gasteiger partial charge in [-0.3, -0.25) is 9.78 Å².